The molecule has 0 fully saturated rings. The molecule has 0 bridgehead atoms. The number of amides is 6. The average molecular weight is 860 g/mol. The van der Waals surface area contributed by atoms with E-state index < -0.39 is 77.7 Å². The van der Waals surface area contributed by atoms with Crippen molar-refractivity contribution in [2.45, 2.75) is 150 Å². The third-order valence-electron chi connectivity index (χ3n) is 11.5. The van der Waals surface area contributed by atoms with Gasteiger partial charge in [-0.3, -0.25) is 28.8 Å². The lowest BCUT2D eigenvalue weighted by atomic mass is 9.85. The predicted molar refractivity (Wildman–Crippen MR) is 233 cm³/mol. The van der Waals surface area contributed by atoms with Crippen LogP contribution in [0.2, 0.25) is 5.02 Å². The first-order chi connectivity index (χ1) is 27.9. The van der Waals surface area contributed by atoms with Gasteiger partial charge in [-0.15, -0.1) is 0 Å². The molecule has 6 amide bonds. The van der Waals surface area contributed by atoms with E-state index in [1.807, 2.05) is 48.5 Å². The van der Waals surface area contributed by atoms with E-state index >= 15 is 0 Å². The lowest BCUT2D eigenvalue weighted by Crippen LogP contribution is -2.62. The summed E-state index contributed by atoms with van der Waals surface area (Å²) in [4.78, 5) is 99.0. The SMILES string of the molecule is CCC(C)C1NC(=O)CN(C)C(=O)[C@@H](Cc2ccc(Cl)cc2)N(C)C(=O)[C@H](C)NC(=O)[C@@H](CC(C)C)OC(=O)/C(C)=C/CC[C@H](C)[C@@H]([C@@H](C)CC)NC(=O)C(C)(C)NC1=O. The third kappa shape index (κ3) is 15.2. The number of halogens is 1. The van der Waals surface area contributed by atoms with Crippen LogP contribution in [0.15, 0.2) is 35.9 Å². The second kappa shape index (κ2) is 23.5. The molecule has 15 heteroatoms. The maximum atomic E-state index is 14.2. The van der Waals surface area contributed by atoms with Crippen LogP contribution in [0.5, 0.6) is 0 Å². The second-order valence-electron chi connectivity index (χ2n) is 17.6. The van der Waals surface area contributed by atoms with E-state index in [2.05, 4.69) is 21.3 Å². The molecule has 60 heavy (non-hydrogen) atoms. The Balaban J connectivity index is 2.63. The fourth-order valence-corrected chi connectivity index (χ4v) is 7.21. The molecule has 2 rings (SSSR count). The molecular formula is C45H71ClN6O8. The number of esters is 1. The van der Waals surface area contributed by atoms with Gasteiger partial charge in [-0.2, -0.15) is 0 Å². The van der Waals surface area contributed by atoms with Gasteiger partial charge in [-0.05, 0) is 88.3 Å². The van der Waals surface area contributed by atoms with Gasteiger partial charge in [0, 0.05) is 37.2 Å². The number of carbonyl (C=O) groups excluding carboxylic acids is 7. The van der Waals surface area contributed by atoms with Crippen LogP contribution < -0.4 is 21.3 Å². The van der Waals surface area contributed by atoms with Gasteiger partial charge in [-0.25, -0.2) is 4.79 Å². The number of ether oxygens (including phenoxy) is 1. The Morgan fingerprint density at radius 3 is 2.02 bits per heavy atom. The molecular weight excluding hydrogens is 788 g/mol. The van der Waals surface area contributed by atoms with Crippen molar-refractivity contribution in [3.63, 3.8) is 0 Å². The molecule has 0 aliphatic carbocycles. The number of allylic oxidation sites excluding steroid dienone is 1. The molecule has 0 saturated carbocycles. The molecule has 4 N–H and O–H groups in total. The van der Waals surface area contributed by atoms with E-state index in [0.717, 1.165) is 6.42 Å². The molecule has 0 spiro atoms. The first-order valence-electron chi connectivity index (χ1n) is 21.3. The van der Waals surface area contributed by atoms with Crippen molar-refractivity contribution in [2.75, 3.05) is 20.6 Å². The monoisotopic (exact) mass is 859 g/mol. The van der Waals surface area contributed by atoms with Gasteiger partial charge in [0.2, 0.25) is 29.5 Å². The van der Waals surface area contributed by atoms with E-state index in [4.69, 9.17) is 16.3 Å². The van der Waals surface area contributed by atoms with Crippen molar-refractivity contribution in [3.8, 4) is 0 Å². The molecule has 0 aromatic heterocycles. The third-order valence-corrected chi connectivity index (χ3v) is 11.8. The van der Waals surface area contributed by atoms with Crippen LogP contribution in [0.4, 0.5) is 0 Å². The van der Waals surface area contributed by atoms with Gasteiger partial charge < -0.3 is 35.8 Å². The lowest BCUT2D eigenvalue weighted by Gasteiger charge is -2.35. The number of nitrogens with one attached hydrogen (secondary N) is 4. The summed E-state index contributed by atoms with van der Waals surface area (Å²) in [6, 6.07) is 3.24. The van der Waals surface area contributed by atoms with Gasteiger partial charge >= 0.3 is 5.97 Å². The zero-order chi connectivity index (χ0) is 45.6. The highest BCUT2D eigenvalue weighted by Gasteiger charge is 2.38. The van der Waals surface area contributed by atoms with Crippen molar-refractivity contribution < 1.29 is 38.3 Å². The Bertz CT molecular complexity index is 1700. The Hall–Kier alpha value is -4.46. The van der Waals surface area contributed by atoms with Gasteiger partial charge in [0.1, 0.15) is 23.7 Å². The topological polar surface area (TPSA) is 183 Å². The van der Waals surface area contributed by atoms with Crippen molar-refractivity contribution in [2.24, 2.45) is 23.7 Å². The lowest BCUT2D eigenvalue weighted by molar-refractivity contribution is -0.154. The van der Waals surface area contributed by atoms with Crippen molar-refractivity contribution in [1.29, 1.82) is 0 Å². The summed E-state index contributed by atoms with van der Waals surface area (Å²) >= 11 is 6.13. The molecule has 1 heterocycles. The number of cyclic esters (lactones) is 1. The Kier molecular flexibility index (Phi) is 20.3. The minimum atomic E-state index is -1.36. The largest absolute Gasteiger partial charge is 0.449 e. The van der Waals surface area contributed by atoms with Crippen molar-refractivity contribution in [1.82, 2.24) is 31.1 Å². The number of hydrogen-bond acceptors (Lipinski definition) is 8. The van der Waals surface area contributed by atoms with Crippen LogP contribution in [-0.4, -0.2) is 108 Å². The first kappa shape index (κ1) is 51.7. The van der Waals surface area contributed by atoms with E-state index in [0.29, 0.717) is 35.4 Å². The van der Waals surface area contributed by atoms with Gasteiger partial charge in [0.15, 0.2) is 6.10 Å². The summed E-state index contributed by atoms with van der Waals surface area (Å²) in [6.45, 7) is 19.5. The zero-order valence-corrected chi connectivity index (χ0v) is 38.8. The number of benzene rings is 1. The van der Waals surface area contributed by atoms with Crippen LogP contribution in [-0.2, 0) is 44.7 Å². The summed E-state index contributed by atoms with van der Waals surface area (Å²) in [7, 11) is 2.87. The Morgan fingerprint density at radius 2 is 1.45 bits per heavy atom. The van der Waals surface area contributed by atoms with Crippen LogP contribution >= 0.6 is 11.6 Å². The van der Waals surface area contributed by atoms with E-state index in [1.165, 1.54) is 30.8 Å². The molecule has 1 aromatic carbocycles. The number of rotatable bonds is 8. The average Bonchev–Trinajstić information content (AvgIpc) is 3.18. The molecule has 2 unspecified atom stereocenters. The number of nitrogens with zero attached hydrogens (tertiary/aromatic N) is 2. The minimum Gasteiger partial charge on any atom is -0.449 e. The molecule has 1 aromatic rings. The van der Waals surface area contributed by atoms with Gasteiger partial charge in [0.25, 0.3) is 5.91 Å². The first-order valence-corrected chi connectivity index (χ1v) is 21.7. The van der Waals surface area contributed by atoms with Crippen molar-refractivity contribution >= 4 is 53.0 Å². The zero-order valence-electron chi connectivity index (χ0n) is 38.1. The summed E-state index contributed by atoms with van der Waals surface area (Å²) < 4.78 is 5.74. The van der Waals surface area contributed by atoms with Crippen LogP contribution in [0, 0.1) is 23.7 Å². The second-order valence-corrected chi connectivity index (χ2v) is 18.1. The molecule has 14 nitrogen and oxygen atoms in total. The van der Waals surface area contributed by atoms with E-state index in [1.54, 1.807) is 51.1 Å². The Labute approximate surface area is 362 Å². The molecule has 1 aliphatic heterocycles. The van der Waals surface area contributed by atoms with Crippen LogP contribution in [0.3, 0.4) is 0 Å². The van der Waals surface area contributed by atoms with E-state index in [9.17, 15) is 33.6 Å². The smallest absolute Gasteiger partial charge is 0.334 e. The summed E-state index contributed by atoms with van der Waals surface area (Å²) in [5.74, 6) is -4.35. The quantitative estimate of drug-likeness (QED) is 0.265. The maximum Gasteiger partial charge on any atom is 0.334 e. The highest BCUT2D eigenvalue weighted by molar-refractivity contribution is 6.30. The molecule has 1 aliphatic rings. The highest BCUT2D eigenvalue weighted by atomic mass is 35.5. The Morgan fingerprint density at radius 1 is 0.850 bits per heavy atom. The van der Waals surface area contributed by atoms with Gasteiger partial charge in [0.05, 0.1) is 6.54 Å². The molecule has 0 radical (unpaired) electrons. The van der Waals surface area contributed by atoms with Crippen LogP contribution in [0.25, 0.3) is 0 Å². The van der Waals surface area contributed by atoms with E-state index in [-0.39, 0.29) is 42.6 Å². The standard InChI is InChI=1S/C45H71ClN6O8/c1-14-27(5)37-29(7)17-16-18-30(8)43(58)60-35(23-26(3)4)39(54)47-31(9)41(56)52(13)34(24-32-19-21-33(46)22-20-32)42(57)51(12)25-36(53)48-38(28(6)15-2)40(55)50-45(10,11)44(59)49-37/h18-22,26-29,31,34-35,37-38H,14-17,23-25H2,1-13H3,(H,47,54)(H,48,53)(H,49,59)(H,50,55)/b30-18+/t27-,28?,29-,31-,34+,35+,37+,38?/m0/s1. The number of hydrogen-bond donors (Lipinski definition) is 4. The predicted octanol–water partition coefficient (Wildman–Crippen LogP) is 4.96. The summed E-state index contributed by atoms with van der Waals surface area (Å²) in [6.07, 6.45) is 3.24. The van der Waals surface area contributed by atoms with Crippen molar-refractivity contribution in [3.05, 3.63) is 46.5 Å². The highest BCUT2D eigenvalue weighted by Crippen LogP contribution is 2.23. The maximum absolute atomic E-state index is 14.2. The number of likely N-dealkylation sites (N-methyl/N-ethyl adjacent to an activating group) is 2. The summed E-state index contributed by atoms with van der Waals surface area (Å²) in [5.41, 5.74) is -0.361. The van der Waals surface area contributed by atoms with Gasteiger partial charge in [-0.1, -0.05) is 91.1 Å². The molecule has 8 atom stereocenters. The molecule has 336 valence electrons. The fraction of sp³-hybridized carbons (Fsp3) is 0.667. The minimum absolute atomic E-state index is 0.0247. The fourth-order valence-electron chi connectivity index (χ4n) is 7.09. The summed E-state index contributed by atoms with van der Waals surface area (Å²) in [5, 5.41) is 12.0. The molecule has 0 saturated heterocycles. The van der Waals surface area contributed by atoms with Crippen LogP contribution in [0.1, 0.15) is 114 Å². The number of carbonyl (C=O) groups is 7. The normalized spacial score (nSPS) is 27.2.